The molecule has 1 aromatic rings. The first-order chi connectivity index (χ1) is 14.3. The highest BCUT2D eigenvalue weighted by Gasteiger charge is 2.31. The van der Waals surface area contributed by atoms with E-state index in [1.54, 1.807) is 0 Å². The Hall–Kier alpha value is -1.51. The molecule has 0 bridgehead atoms. The van der Waals surface area contributed by atoms with E-state index in [0.29, 0.717) is 11.7 Å². The van der Waals surface area contributed by atoms with Crippen LogP contribution in [0.1, 0.15) is 111 Å². The van der Waals surface area contributed by atoms with Crippen LogP contribution in [0, 0.1) is 17.8 Å². The minimum Gasteiger partial charge on any atom is -0.490 e. The van der Waals surface area contributed by atoms with Crippen molar-refractivity contribution in [3.63, 3.8) is 0 Å². The molecule has 0 saturated heterocycles. The molecule has 4 unspecified atom stereocenters. The van der Waals surface area contributed by atoms with Crippen molar-refractivity contribution in [2.45, 2.75) is 111 Å². The Kier molecular flexibility index (Phi) is 10.2. The minimum atomic E-state index is -0.281. The number of hydrogen-bond acceptors (Lipinski definition) is 3. The zero-order valence-electron chi connectivity index (χ0n) is 20.2. The number of hydrogen-bond donors (Lipinski definition) is 0. The lowest BCUT2D eigenvalue weighted by molar-refractivity contribution is -0.131. The highest BCUT2D eigenvalue weighted by atomic mass is 16.5. The summed E-state index contributed by atoms with van der Waals surface area (Å²) in [5.41, 5.74) is 1.17. The first-order valence-corrected chi connectivity index (χ1v) is 12.2. The summed E-state index contributed by atoms with van der Waals surface area (Å²) >= 11 is 0. The lowest BCUT2D eigenvalue weighted by Gasteiger charge is -2.18. The van der Waals surface area contributed by atoms with Gasteiger partial charge in [-0.25, -0.2) is 0 Å². The van der Waals surface area contributed by atoms with E-state index in [-0.39, 0.29) is 12.1 Å². The van der Waals surface area contributed by atoms with E-state index in [1.807, 2.05) is 18.2 Å². The lowest BCUT2D eigenvalue weighted by atomic mass is 9.90. The normalized spacial score (nSPS) is 20.0. The Balaban J connectivity index is 1.63. The first kappa shape index (κ1) is 24.8. The van der Waals surface area contributed by atoms with E-state index in [1.165, 1.54) is 63.9 Å². The molecule has 170 valence electrons. The molecule has 0 spiro atoms. The summed E-state index contributed by atoms with van der Waals surface area (Å²) in [4.78, 5) is 11.2. The first-order valence-electron chi connectivity index (χ1n) is 12.2. The molecule has 0 aliphatic carbocycles. The summed E-state index contributed by atoms with van der Waals surface area (Å²) in [5, 5.41) is 0. The SMILES string of the molecule is CC(=O)Oc1ccc2c(c1)C(C)C(CCCC(C)CCCC(C)CCCC(C)C)O2. The summed E-state index contributed by atoms with van der Waals surface area (Å²) in [5.74, 6) is 4.14. The topological polar surface area (TPSA) is 35.5 Å². The van der Waals surface area contributed by atoms with Crippen molar-refractivity contribution in [1.82, 2.24) is 0 Å². The molecular weight excluding hydrogens is 372 g/mol. The van der Waals surface area contributed by atoms with Gasteiger partial charge in [0, 0.05) is 18.4 Å². The maximum atomic E-state index is 11.2. The third-order valence-electron chi connectivity index (χ3n) is 6.63. The molecule has 1 heterocycles. The highest BCUT2D eigenvalue weighted by Crippen LogP contribution is 2.41. The second kappa shape index (κ2) is 12.4. The van der Waals surface area contributed by atoms with Gasteiger partial charge in [-0.2, -0.15) is 0 Å². The second-order valence-electron chi connectivity index (χ2n) is 10.1. The van der Waals surface area contributed by atoms with Gasteiger partial charge in [-0.05, 0) is 48.8 Å². The van der Waals surface area contributed by atoms with Gasteiger partial charge in [0.05, 0.1) is 0 Å². The predicted molar refractivity (Wildman–Crippen MR) is 125 cm³/mol. The molecule has 3 nitrogen and oxygen atoms in total. The number of fused-ring (bicyclic) bond motifs is 1. The van der Waals surface area contributed by atoms with E-state index in [0.717, 1.165) is 29.9 Å². The fraction of sp³-hybridized carbons (Fsp3) is 0.741. The molecular formula is C27H44O3. The Bertz CT molecular complexity index is 652. The van der Waals surface area contributed by atoms with Crippen LogP contribution in [-0.2, 0) is 4.79 Å². The molecule has 0 radical (unpaired) electrons. The monoisotopic (exact) mass is 416 g/mol. The number of ether oxygens (including phenoxy) is 2. The van der Waals surface area contributed by atoms with Crippen LogP contribution in [0.4, 0.5) is 0 Å². The van der Waals surface area contributed by atoms with Gasteiger partial charge in [-0.3, -0.25) is 4.79 Å². The van der Waals surface area contributed by atoms with E-state index in [2.05, 4.69) is 34.6 Å². The lowest BCUT2D eigenvalue weighted by Crippen LogP contribution is -2.16. The van der Waals surface area contributed by atoms with Crippen molar-refractivity contribution in [3.8, 4) is 11.5 Å². The Morgan fingerprint density at radius 1 is 0.967 bits per heavy atom. The zero-order chi connectivity index (χ0) is 22.1. The maximum Gasteiger partial charge on any atom is 0.308 e. The molecule has 0 amide bonds. The fourth-order valence-electron chi connectivity index (χ4n) is 4.64. The number of esters is 1. The van der Waals surface area contributed by atoms with Crippen LogP contribution in [0.15, 0.2) is 18.2 Å². The molecule has 1 aromatic carbocycles. The highest BCUT2D eigenvalue weighted by molar-refractivity contribution is 5.69. The summed E-state index contributed by atoms with van der Waals surface area (Å²) in [6, 6.07) is 5.72. The average Bonchev–Trinajstić information content (AvgIpc) is 2.96. The standard InChI is InChI=1S/C27H44O3/c1-19(2)10-7-11-20(3)12-8-13-21(4)14-9-15-26-22(5)25-18-24(29-23(6)28)16-17-27(25)30-26/h16-22,26H,7-15H2,1-6H3. The number of carbonyl (C=O) groups excluding carboxylic acids is 1. The van der Waals surface area contributed by atoms with Crippen molar-refractivity contribution in [3.05, 3.63) is 23.8 Å². The number of benzene rings is 1. The molecule has 0 aromatic heterocycles. The van der Waals surface area contributed by atoms with E-state index < -0.39 is 0 Å². The van der Waals surface area contributed by atoms with E-state index in [9.17, 15) is 4.79 Å². The Labute approximate surface area is 184 Å². The summed E-state index contributed by atoms with van der Waals surface area (Å²) in [6.45, 7) is 13.1. The molecule has 1 aliphatic rings. The molecule has 2 rings (SSSR count). The van der Waals surface area contributed by atoms with Crippen LogP contribution in [0.3, 0.4) is 0 Å². The van der Waals surface area contributed by atoms with Crippen molar-refractivity contribution >= 4 is 5.97 Å². The number of rotatable bonds is 13. The van der Waals surface area contributed by atoms with Crippen LogP contribution in [-0.4, -0.2) is 12.1 Å². The quantitative estimate of drug-likeness (QED) is 0.242. The Morgan fingerprint density at radius 2 is 1.57 bits per heavy atom. The van der Waals surface area contributed by atoms with Crippen molar-refractivity contribution in [2.75, 3.05) is 0 Å². The van der Waals surface area contributed by atoms with Crippen molar-refractivity contribution in [2.24, 2.45) is 17.8 Å². The molecule has 0 saturated carbocycles. The second-order valence-corrected chi connectivity index (χ2v) is 10.1. The van der Waals surface area contributed by atoms with Gasteiger partial charge in [-0.15, -0.1) is 0 Å². The largest absolute Gasteiger partial charge is 0.490 e. The van der Waals surface area contributed by atoms with Gasteiger partial charge in [0.1, 0.15) is 17.6 Å². The molecule has 4 atom stereocenters. The molecule has 30 heavy (non-hydrogen) atoms. The van der Waals surface area contributed by atoms with Crippen molar-refractivity contribution in [1.29, 1.82) is 0 Å². The van der Waals surface area contributed by atoms with Gasteiger partial charge in [-0.1, -0.05) is 79.6 Å². The Morgan fingerprint density at radius 3 is 2.17 bits per heavy atom. The van der Waals surface area contributed by atoms with Crippen molar-refractivity contribution < 1.29 is 14.3 Å². The van der Waals surface area contributed by atoms with Crippen LogP contribution >= 0.6 is 0 Å². The summed E-state index contributed by atoms with van der Waals surface area (Å²) < 4.78 is 11.4. The summed E-state index contributed by atoms with van der Waals surface area (Å²) in [6.07, 6.45) is 12.1. The third-order valence-corrected chi connectivity index (χ3v) is 6.63. The van der Waals surface area contributed by atoms with Crippen LogP contribution in [0.25, 0.3) is 0 Å². The van der Waals surface area contributed by atoms with E-state index in [4.69, 9.17) is 9.47 Å². The zero-order valence-corrected chi connectivity index (χ0v) is 20.2. The fourth-order valence-corrected chi connectivity index (χ4v) is 4.64. The summed E-state index contributed by atoms with van der Waals surface area (Å²) in [7, 11) is 0. The van der Waals surface area contributed by atoms with Gasteiger partial charge in [0.25, 0.3) is 0 Å². The molecule has 0 N–H and O–H groups in total. The maximum absolute atomic E-state index is 11.2. The van der Waals surface area contributed by atoms with Gasteiger partial charge >= 0.3 is 5.97 Å². The predicted octanol–water partition coefficient (Wildman–Crippen LogP) is 7.92. The molecule has 3 heteroatoms. The average molecular weight is 417 g/mol. The van der Waals surface area contributed by atoms with Crippen LogP contribution < -0.4 is 9.47 Å². The van der Waals surface area contributed by atoms with Gasteiger partial charge < -0.3 is 9.47 Å². The minimum absolute atomic E-state index is 0.237. The van der Waals surface area contributed by atoms with E-state index >= 15 is 0 Å². The number of carbonyl (C=O) groups is 1. The molecule has 0 fully saturated rings. The van der Waals surface area contributed by atoms with Crippen LogP contribution in [0.2, 0.25) is 0 Å². The van der Waals surface area contributed by atoms with Gasteiger partial charge in [0.2, 0.25) is 0 Å². The van der Waals surface area contributed by atoms with Crippen LogP contribution in [0.5, 0.6) is 11.5 Å². The third kappa shape index (κ3) is 8.32. The smallest absolute Gasteiger partial charge is 0.308 e. The van der Waals surface area contributed by atoms with Gasteiger partial charge in [0.15, 0.2) is 0 Å². The molecule has 1 aliphatic heterocycles.